The van der Waals surface area contributed by atoms with Crippen LogP contribution in [0.1, 0.15) is 17.3 Å². The molecule has 1 atom stereocenters. The van der Waals surface area contributed by atoms with Crippen LogP contribution < -0.4 is 20.7 Å². The van der Waals surface area contributed by atoms with E-state index in [1.165, 1.54) is 6.07 Å². The molecule has 0 aliphatic carbocycles. The van der Waals surface area contributed by atoms with E-state index in [0.717, 1.165) is 11.8 Å². The molecular weight excluding hydrogens is 341 g/mol. The van der Waals surface area contributed by atoms with Crippen molar-refractivity contribution in [3.63, 3.8) is 0 Å². The molecule has 5 nitrogen and oxygen atoms in total. The van der Waals surface area contributed by atoms with E-state index in [1.54, 1.807) is 26.4 Å². The summed E-state index contributed by atoms with van der Waals surface area (Å²) in [4.78, 5) is 4.05. The molecule has 0 aliphatic rings. The largest absolute Gasteiger partial charge is 0.495 e. The standard InChI is InChI=1S/C14H15BrFN3O2/c1-20-11-6-4-9(14(21-2)12(11)15)13(19-17)10-5-3-8(16)7-18-10/h3-7,13,19H,17H2,1-2H3. The molecule has 7 heteroatoms. The summed E-state index contributed by atoms with van der Waals surface area (Å²) in [6, 6.07) is 6.06. The number of halogens is 2. The molecule has 0 spiro atoms. The van der Waals surface area contributed by atoms with Crippen molar-refractivity contribution in [3.05, 3.63) is 52.0 Å². The summed E-state index contributed by atoms with van der Waals surface area (Å²) in [5.41, 5.74) is 4.00. The van der Waals surface area contributed by atoms with Gasteiger partial charge in [-0.05, 0) is 40.2 Å². The van der Waals surface area contributed by atoms with E-state index in [2.05, 4.69) is 26.3 Å². The number of ether oxygens (including phenoxy) is 2. The predicted molar refractivity (Wildman–Crippen MR) is 80.6 cm³/mol. The van der Waals surface area contributed by atoms with E-state index in [-0.39, 0.29) is 0 Å². The molecule has 2 aromatic rings. The third kappa shape index (κ3) is 3.15. The van der Waals surface area contributed by atoms with Crippen LogP contribution in [0.5, 0.6) is 11.5 Å². The Morgan fingerprint density at radius 3 is 2.52 bits per heavy atom. The van der Waals surface area contributed by atoms with Crippen LogP contribution in [0.15, 0.2) is 34.9 Å². The highest BCUT2D eigenvalue weighted by Gasteiger charge is 2.22. The Morgan fingerprint density at radius 2 is 2.00 bits per heavy atom. The molecule has 0 bridgehead atoms. The molecule has 21 heavy (non-hydrogen) atoms. The maximum atomic E-state index is 13.0. The van der Waals surface area contributed by atoms with Crippen LogP contribution >= 0.6 is 15.9 Å². The Hall–Kier alpha value is -1.70. The highest BCUT2D eigenvalue weighted by molar-refractivity contribution is 9.10. The molecule has 0 saturated heterocycles. The third-order valence-corrected chi connectivity index (χ3v) is 3.79. The lowest BCUT2D eigenvalue weighted by molar-refractivity contribution is 0.382. The number of hydrogen-bond acceptors (Lipinski definition) is 5. The predicted octanol–water partition coefficient (Wildman–Crippen LogP) is 2.55. The zero-order valence-corrected chi connectivity index (χ0v) is 13.1. The molecule has 1 heterocycles. The molecular formula is C14H15BrFN3O2. The second-order valence-corrected chi connectivity index (χ2v) is 5.00. The molecule has 1 aromatic carbocycles. The van der Waals surface area contributed by atoms with Crippen molar-refractivity contribution in [3.8, 4) is 11.5 Å². The summed E-state index contributed by atoms with van der Waals surface area (Å²) in [7, 11) is 3.12. The quantitative estimate of drug-likeness (QED) is 0.637. The first kappa shape index (κ1) is 15.7. The summed E-state index contributed by atoms with van der Waals surface area (Å²) in [5.74, 6) is 6.44. The zero-order valence-electron chi connectivity index (χ0n) is 11.6. The van der Waals surface area contributed by atoms with Crippen LogP contribution in [0.4, 0.5) is 4.39 Å². The highest BCUT2D eigenvalue weighted by atomic mass is 79.9. The Labute approximate surface area is 130 Å². The topological polar surface area (TPSA) is 69.4 Å². The lowest BCUT2D eigenvalue weighted by Gasteiger charge is -2.20. The van der Waals surface area contributed by atoms with Gasteiger partial charge in [0.25, 0.3) is 0 Å². The van der Waals surface area contributed by atoms with E-state index < -0.39 is 11.9 Å². The van der Waals surface area contributed by atoms with E-state index in [9.17, 15) is 4.39 Å². The van der Waals surface area contributed by atoms with Gasteiger partial charge in [-0.25, -0.2) is 9.82 Å². The molecule has 0 amide bonds. The molecule has 3 N–H and O–H groups in total. The molecule has 0 radical (unpaired) electrons. The van der Waals surface area contributed by atoms with Gasteiger partial charge in [-0.2, -0.15) is 0 Å². The minimum Gasteiger partial charge on any atom is -0.495 e. The smallest absolute Gasteiger partial charge is 0.142 e. The fraction of sp³-hybridized carbons (Fsp3) is 0.214. The number of rotatable bonds is 5. The van der Waals surface area contributed by atoms with Crippen molar-refractivity contribution in [1.29, 1.82) is 0 Å². The Bertz CT molecular complexity index is 622. The number of nitrogens with two attached hydrogens (primary N) is 1. The molecule has 1 unspecified atom stereocenters. The van der Waals surface area contributed by atoms with E-state index in [1.807, 2.05) is 6.07 Å². The Kier molecular flexibility index (Phi) is 5.11. The number of aromatic nitrogens is 1. The minimum atomic E-state index is -0.442. The third-order valence-electron chi connectivity index (χ3n) is 3.04. The van der Waals surface area contributed by atoms with Crippen LogP contribution in [0, 0.1) is 5.82 Å². The summed E-state index contributed by atoms with van der Waals surface area (Å²) in [6.45, 7) is 0. The average molecular weight is 356 g/mol. The average Bonchev–Trinajstić information content (AvgIpc) is 2.50. The Morgan fingerprint density at radius 1 is 1.24 bits per heavy atom. The maximum Gasteiger partial charge on any atom is 0.142 e. The summed E-state index contributed by atoms with van der Waals surface area (Å²) >= 11 is 3.44. The van der Waals surface area contributed by atoms with Gasteiger partial charge in [0, 0.05) is 5.56 Å². The first-order valence-corrected chi connectivity index (χ1v) is 6.89. The Balaban J connectivity index is 2.52. The van der Waals surface area contributed by atoms with Gasteiger partial charge in [-0.15, -0.1) is 0 Å². The van der Waals surface area contributed by atoms with E-state index in [4.69, 9.17) is 15.3 Å². The van der Waals surface area contributed by atoms with E-state index in [0.29, 0.717) is 21.7 Å². The van der Waals surface area contributed by atoms with Gasteiger partial charge in [-0.3, -0.25) is 10.8 Å². The molecule has 1 aromatic heterocycles. The maximum absolute atomic E-state index is 13.0. The lowest BCUT2D eigenvalue weighted by atomic mass is 10.0. The number of benzene rings is 1. The van der Waals surface area contributed by atoms with Gasteiger partial charge in [0.05, 0.1) is 32.2 Å². The van der Waals surface area contributed by atoms with Gasteiger partial charge < -0.3 is 9.47 Å². The molecule has 112 valence electrons. The van der Waals surface area contributed by atoms with Crippen LogP contribution in [-0.2, 0) is 0 Å². The van der Waals surface area contributed by atoms with Crippen molar-refractivity contribution in [1.82, 2.24) is 10.4 Å². The van der Waals surface area contributed by atoms with Gasteiger partial charge in [-0.1, -0.05) is 0 Å². The second kappa shape index (κ2) is 6.84. The van der Waals surface area contributed by atoms with Gasteiger partial charge >= 0.3 is 0 Å². The van der Waals surface area contributed by atoms with Crippen molar-refractivity contribution < 1.29 is 13.9 Å². The van der Waals surface area contributed by atoms with Crippen LogP contribution in [0.2, 0.25) is 0 Å². The van der Waals surface area contributed by atoms with Gasteiger partial charge in [0.2, 0.25) is 0 Å². The van der Waals surface area contributed by atoms with Crippen LogP contribution in [0.25, 0.3) is 0 Å². The number of nitrogens with zero attached hydrogens (tertiary/aromatic N) is 1. The first-order valence-electron chi connectivity index (χ1n) is 6.10. The monoisotopic (exact) mass is 355 g/mol. The minimum absolute atomic E-state index is 0.405. The van der Waals surface area contributed by atoms with Crippen LogP contribution in [-0.4, -0.2) is 19.2 Å². The normalized spacial score (nSPS) is 12.0. The highest BCUT2D eigenvalue weighted by Crippen LogP contribution is 2.40. The van der Waals surface area contributed by atoms with Crippen molar-refractivity contribution in [2.45, 2.75) is 6.04 Å². The lowest BCUT2D eigenvalue weighted by Crippen LogP contribution is -2.30. The first-order chi connectivity index (χ1) is 10.1. The fourth-order valence-corrected chi connectivity index (χ4v) is 2.72. The number of hydrogen-bond donors (Lipinski definition) is 2. The number of nitrogens with one attached hydrogen (secondary N) is 1. The summed E-state index contributed by atoms with van der Waals surface area (Å²) < 4.78 is 24.3. The summed E-state index contributed by atoms with van der Waals surface area (Å²) in [5, 5.41) is 0. The second-order valence-electron chi connectivity index (χ2n) is 4.21. The van der Waals surface area contributed by atoms with Crippen LogP contribution in [0.3, 0.4) is 0 Å². The SMILES string of the molecule is COc1ccc(C(NN)c2ccc(F)cn2)c(OC)c1Br. The van der Waals surface area contributed by atoms with Crippen molar-refractivity contribution in [2.24, 2.45) is 5.84 Å². The fourth-order valence-electron chi connectivity index (χ4n) is 2.04. The molecule has 0 fully saturated rings. The number of hydrazine groups is 1. The van der Waals surface area contributed by atoms with E-state index >= 15 is 0 Å². The van der Waals surface area contributed by atoms with Gasteiger partial charge in [0.1, 0.15) is 21.8 Å². The molecule has 0 saturated carbocycles. The number of pyridine rings is 1. The van der Waals surface area contributed by atoms with Crippen molar-refractivity contribution in [2.75, 3.05) is 14.2 Å². The van der Waals surface area contributed by atoms with Gasteiger partial charge in [0.15, 0.2) is 0 Å². The number of methoxy groups -OCH3 is 2. The zero-order chi connectivity index (χ0) is 15.4. The van der Waals surface area contributed by atoms with Crippen molar-refractivity contribution >= 4 is 15.9 Å². The summed E-state index contributed by atoms with van der Waals surface area (Å²) in [6.07, 6.45) is 1.14. The molecule has 0 aliphatic heterocycles. The molecule has 2 rings (SSSR count).